The van der Waals surface area contributed by atoms with E-state index >= 15 is 0 Å². The van der Waals surface area contributed by atoms with Gasteiger partial charge in [0.1, 0.15) is 0 Å². The van der Waals surface area contributed by atoms with Crippen LogP contribution in [0.15, 0.2) is 97.1 Å². The van der Waals surface area contributed by atoms with Gasteiger partial charge in [0, 0.05) is 205 Å². The largest absolute Gasteiger partial charge is 0.537 e. The molecule has 0 atom stereocenters. The Labute approximate surface area is 652 Å². The smallest absolute Gasteiger partial charge is 0.370 e. The average molecular weight is 1580 g/mol. The minimum absolute atomic E-state index is 0.166. The van der Waals surface area contributed by atoms with Gasteiger partial charge in [0.15, 0.2) is 0 Å². The molecule has 0 spiro atoms. The Morgan fingerprint density at radius 3 is 0.565 bits per heavy atom. The summed E-state index contributed by atoms with van der Waals surface area (Å²) in [6, 6.07) is 32.6. The van der Waals surface area contributed by atoms with E-state index in [2.05, 4.69) is 121 Å². The van der Waals surface area contributed by atoms with Crippen molar-refractivity contribution >= 4 is 79.6 Å². The maximum absolute atomic E-state index is 14.4. The van der Waals surface area contributed by atoms with Crippen LogP contribution in [0.2, 0.25) is 0 Å². The molecule has 1 aliphatic rings. The van der Waals surface area contributed by atoms with Crippen molar-refractivity contribution in [2.45, 2.75) is 165 Å². The Morgan fingerprint density at radius 1 is 0.269 bits per heavy atom. The molecule has 0 unspecified atom stereocenters. The van der Waals surface area contributed by atoms with Gasteiger partial charge in [-0.3, -0.25) is 38.8 Å². The molecule has 608 valence electrons. The van der Waals surface area contributed by atoms with E-state index in [1.54, 1.807) is 0 Å². The monoisotopic (exact) mass is 1580 g/mol. The third-order valence-corrected chi connectivity index (χ3v) is 31.0. The van der Waals surface area contributed by atoms with Gasteiger partial charge in [0.2, 0.25) is 0 Å². The van der Waals surface area contributed by atoms with E-state index in [1.807, 2.05) is 156 Å². The highest BCUT2D eigenvalue weighted by molar-refractivity contribution is 6.77. The lowest BCUT2D eigenvalue weighted by Crippen LogP contribution is -2.59. The molecule has 1 fully saturated rings. The Morgan fingerprint density at radius 2 is 0.417 bits per heavy atom. The van der Waals surface area contributed by atoms with Gasteiger partial charge in [-0.15, -0.1) is 0 Å². The summed E-state index contributed by atoms with van der Waals surface area (Å²) in [5.74, 6) is -2.93. The number of benzene rings is 4. The van der Waals surface area contributed by atoms with Crippen LogP contribution in [0.5, 0.6) is 0 Å². The average Bonchev–Trinajstić information content (AvgIpc) is 0.809. The normalized spacial score (nSPS) is 18.2. The zero-order chi connectivity index (χ0) is 79.7. The third kappa shape index (κ3) is 28.3. The van der Waals surface area contributed by atoms with E-state index in [0.717, 1.165) is 43.0 Å². The number of carbonyl (C=O) groups excluding carboxylic acids is 4. The molecule has 0 radical (unpaired) electrons. The molecule has 24 nitrogen and oxygen atoms in total. The van der Waals surface area contributed by atoms with Crippen LogP contribution in [0.4, 0.5) is 0 Å². The van der Waals surface area contributed by atoms with Crippen molar-refractivity contribution in [1.82, 2.24) is 40.9 Å². The van der Waals surface area contributed by atoms with Crippen molar-refractivity contribution < 1.29 is 72.3 Å². The first kappa shape index (κ1) is 93.6. The third-order valence-electron chi connectivity index (χ3n) is 18.4. The minimum Gasteiger partial charge on any atom is -0.370 e. The Hall–Kier alpha value is -5.01. The number of carbonyl (C=O) groups is 4. The molecule has 1 heterocycles. The molecule has 1 aliphatic heterocycles. The fourth-order valence-corrected chi connectivity index (χ4v) is 25.0. The quantitative estimate of drug-likeness (QED) is 0.0253. The van der Waals surface area contributed by atoms with E-state index < -0.39 is 80.5 Å². The summed E-state index contributed by atoms with van der Waals surface area (Å²) in [5, 5.41) is 15.7. The summed E-state index contributed by atoms with van der Waals surface area (Å²) < 4.78 is 78.7. The fraction of sp³-hybridized carbons (Fsp3) is 0.650. The van der Waals surface area contributed by atoms with Crippen molar-refractivity contribution in [2.24, 2.45) is 21.7 Å². The van der Waals surface area contributed by atoms with Crippen molar-refractivity contribution in [3.63, 3.8) is 0 Å². The van der Waals surface area contributed by atoms with E-state index in [9.17, 15) is 19.2 Å². The van der Waals surface area contributed by atoms with Crippen LogP contribution < -0.4 is 42.0 Å². The molecular weight excluding hydrogens is 1440 g/mol. The van der Waals surface area contributed by atoms with Gasteiger partial charge >= 0.3 is 58.8 Å². The molecule has 4 N–H and O–H groups in total. The SMILES string of the molecule is CCO[Si](OCC)(OCC)c1ccccc1CN1CCN(Cc2ccccc2[Si](OCC)(OCC)OCC)CC(C)(C)CNC(=O)C(=O)NCC(C)(C)CN(Cc2ccccc2[Si](OCC)(OCC)OCC)CCN(Cc2ccccc2[Si](OCC)(OCC)OCC)CC(C)(C)CNC(=O)C(=O)NCC(C)(C)C1. The first-order valence-corrected chi connectivity index (χ1v) is 46.4. The lowest BCUT2D eigenvalue weighted by Gasteiger charge is -2.38. The summed E-state index contributed by atoms with van der Waals surface area (Å²) >= 11 is 0. The number of nitrogens with zero attached hydrogens (tertiary/aromatic N) is 4. The van der Waals surface area contributed by atoms with Gasteiger partial charge in [-0.25, -0.2) is 0 Å². The zero-order valence-electron chi connectivity index (χ0n) is 69.4. The van der Waals surface area contributed by atoms with Crippen LogP contribution in [-0.2, 0) is 98.5 Å². The molecule has 0 aromatic heterocycles. The van der Waals surface area contributed by atoms with Gasteiger partial charge < -0.3 is 74.4 Å². The second-order valence-electron chi connectivity index (χ2n) is 30.3. The molecule has 0 bridgehead atoms. The number of hydrogen-bond donors (Lipinski definition) is 4. The molecular formula is C80H136N8O16Si4. The van der Waals surface area contributed by atoms with Crippen LogP contribution in [0.25, 0.3) is 0 Å². The molecule has 1 saturated heterocycles. The highest BCUT2D eigenvalue weighted by atomic mass is 28.4. The minimum atomic E-state index is -3.46. The van der Waals surface area contributed by atoms with E-state index in [4.69, 9.17) is 53.1 Å². The van der Waals surface area contributed by atoms with E-state index in [0.29, 0.717) is 158 Å². The molecule has 108 heavy (non-hydrogen) atoms. The summed E-state index contributed by atoms with van der Waals surface area (Å²) in [6.07, 6.45) is 0. The highest BCUT2D eigenvalue weighted by Crippen LogP contribution is 2.27. The summed E-state index contributed by atoms with van der Waals surface area (Å²) in [5.41, 5.74) is 1.42. The molecule has 4 amide bonds. The maximum atomic E-state index is 14.4. The second kappa shape index (κ2) is 45.6. The molecule has 0 saturated carbocycles. The Bertz CT molecular complexity index is 2860. The van der Waals surface area contributed by atoms with Crippen molar-refractivity contribution in [2.75, 3.05) is 158 Å². The first-order valence-electron chi connectivity index (χ1n) is 39.5. The Balaban J connectivity index is 1.68. The van der Waals surface area contributed by atoms with E-state index in [-0.39, 0.29) is 26.2 Å². The molecule has 5 rings (SSSR count). The predicted octanol–water partition coefficient (Wildman–Crippen LogP) is 7.60. The summed E-state index contributed by atoms with van der Waals surface area (Å²) in [7, 11) is -13.8. The van der Waals surface area contributed by atoms with Gasteiger partial charge in [-0.1, -0.05) is 152 Å². The molecule has 4 aromatic carbocycles. The van der Waals surface area contributed by atoms with Gasteiger partial charge in [0.05, 0.1) is 0 Å². The summed E-state index contributed by atoms with van der Waals surface area (Å²) in [6.45, 7) is 51.1. The zero-order valence-corrected chi connectivity index (χ0v) is 73.4. The maximum Gasteiger partial charge on any atom is 0.537 e. The van der Waals surface area contributed by atoms with E-state index in [1.165, 1.54) is 0 Å². The first-order chi connectivity index (χ1) is 51.5. The van der Waals surface area contributed by atoms with Crippen LogP contribution >= 0.6 is 0 Å². The summed E-state index contributed by atoms with van der Waals surface area (Å²) in [4.78, 5) is 67.0. The molecule has 0 aliphatic carbocycles. The standard InChI is InChI=1S/C80H136N8O16Si4/c1-21-93-105(94-22-2,95-23-3)69-45-37-33-41-65(69)53-85-49-50-86(54-66-42-34-38-46-70(66)106(96-24-4,97-25-5)98-26-6)62-78(15,16)58-82-75(91)76(92)84-60-80(19,20)64-88(56-68-44-36-40-48-72(68)108(102-30-10,103-31-11)104-32-12)52-51-87(63-79(17,18)59-83-74(90)73(89)81-57-77(13,14)61-85)55-67-43-35-39-47-71(67)107(99-27-7,100-28-8)101-29-9/h33-48H,21-32,49-64H2,1-20H3,(H,81,89)(H,82,91)(H,83,90)(H,84,92). The Kier molecular flexibility index (Phi) is 39.5. The van der Waals surface area contributed by atoms with Gasteiger partial charge in [-0.05, 0) is 127 Å². The van der Waals surface area contributed by atoms with Crippen LogP contribution in [0.1, 0.15) is 161 Å². The van der Waals surface area contributed by atoms with Crippen molar-refractivity contribution in [1.29, 1.82) is 0 Å². The topological polar surface area (TPSA) is 240 Å². The highest BCUT2D eigenvalue weighted by Gasteiger charge is 2.49. The molecule has 28 heteroatoms. The number of hydrogen-bond acceptors (Lipinski definition) is 20. The lowest BCUT2D eigenvalue weighted by molar-refractivity contribution is -0.139. The van der Waals surface area contributed by atoms with Crippen LogP contribution in [-0.4, -0.2) is 236 Å². The number of rotatable bonds is 36. The molecule has 4 aromatic rings. The number of nitrogens with one attached hydrogen (secondary N) is 4. The lowest BCUT2D eigenvalue weighted by atomic mass is 9.91. The predicted molar refractivity (Wildman–Crippen MR) is 435 cm³/mol. The van der Waals surface area contributed by atoms with Crippen molar-refractivity contribution in [3.05, 3.63) is 119 Å². The van der Waals surface area contributed by atoms with Crippen molar-refractivity contribution in [3.8, 4) is 0 Å². The van der Waals surface area contributed by atoms with Gasteiger partial charge in [0.25, 0.3) is 0 Å². The van der Waals surface area contributed by atoms with Crippen LogP contribution in [0, 0.1) is 21.7 Å². The van der Waals surface area contributed by atoms with Crippen LogP contribution in [0.3, 0.4) is 0 Å². The second-order valence-corrected chi connectivity index (χ2v) is 40.3. The fourth-order valence-electron chi connectivity index (χ4n) is 14.2. The van der Waals surface area contributed by atoms with Gasteiger partial charge in [-0.2, -0.15) is 0 Å². The number of amides is 4.